The minimum atomic E-state index is -4.37. The summed E-state index contributed by atoms with van der Waals surface area (Å²) in [6, 6.07) is 7.77. The second-order valence-corrected chi connectivity index (χ2v) is 5.49. The van der Waals surface area contributed by atoms with E-state index < -0.39 is 12.8 Å². The number of halogens is 3. The van der Waals surface area contributed by atoms with Gasteiger partial charge in [0.2, 0.25) is 0 Å². The first-order valence-corrected chi connectivity index (χ1v) is 7.36. The van der Waals surface area contributed by atoms with Crippen LogP contribution in [0.1, 0.15) is 35.9 Å². The normalized spacial score (nSPS) is 11.6. The molecule has 0 atom stereocenters. The molecule has 5 nitrogen and oxygen atoms in total. The number of hydrogen-bond donors (Lipinski definition) is 1. The highest BCUT2D eigenvalue weighted by atomic mass is 19.4. The number of carbonyl (C=O) groups excluding carboxylic acids is 1. The molecule has 1 aromatic carbocycles. The Morgan fingerprint density at radius 1 is 1.25 bits per heavy atom. The summed E-state index contributed by atoms with van der Waals surface area (Å²) in [4.78, 5) is 12.2. The van der Waals surface area contributed by atoms with Gasteiger partial charge in [0.05, 0.1) is 0 Å². The van der Waals surface area contributed by atoms with Gasteiger partial charge in [-0.3, -0.25) is 9.48 Å². The molecule has 0 spiro atoms. The summed E-state index contributed by atoms with van der Waals surface area (Å²) in [6.45, 7) is 2.76. The first kappa shape index (κ1) is 17.8. The molecule has 2 rings (SSSR count). The number of ether oxygens (including phenoxy) is 1. The molecule has 0 fully saturated rings. The summed E-state index contributed by atoms with van der Waals surface area (Å²) in [5.41, 5.74) is 1.20. The summed E-state index contributed by atoms with van der Waals surface area (Å²) in [7, 11) is 0. The average Bonchev–Trinajstić information content (AvgIpc) is 3.01. The molecule has 0 aliphatic carbocycles. The molecule has 1 aromatic heterocycles. The topological polar surface area (TPSA) is 56.2 Å². The molecule has 0 bridgehead atoms. The van der Waals surface area contributed by atoms with Gasteiger partial charge in [0.15, 0.2) is 6.61 Å². The molecule has 0 aliphatic rings. The Morgan fingerprint density at radius 3 is 2.50 bits per heavy atom. The van der Waals surface area contributed by atoms with Crippen LogP contribution >= 0.6 is 0 Å². The third kappa shape index (κ3) is 5.00. The predicted molar refractivity (Wildman–Crippen MR) is 81.8 cm³/mol. The Hall–Kier alpha value is -2.51. The molecule has 2 aromatic rings. The van der Waals surface area contributed by atoms with E-state index in [9.17, 15) is 18.0 Å². The lowest BCUT2D eigenvalue weighted by atomic mass is 10.2. The first-order valence-electron chi connectivity index (χ1n) is 7.36. The van der Waals surface area contributed by atoms with Crippen molar-refractivity contribution in [2.75, 3.05) is 6.61 Å². The lowest BCUT2D eigenvalue weighted by molar-refractivity contribution is -0.153. The van der Waals surface area contributed by atoms with Crippen molar-refractivity contribution >= 4 is 5.91 Å². The largest absolute Gasteiger partial charge is 0.484 e. The van der Waals surface area contributed by atoms with Crippen molar-refractivity contribution < 1.29 is 22.7 Å². The summed E-state index contributed by atoms with van der Waals surface area (Å²) in [5, 5.41) is 6.84. The van der Waals surface area contributed by atoms with Crippen molar-refractivity contribution in [1.82, 2.24) is 15.1 Å². The second kappa shape index (κ2) is 7.37. The van der Waals surface area contributed by atoms with Crippen LogP contribution in [0.5, 0.6) is 5.75 Å². The number of benzene rings is 1. The number of rotatable bonds is 6. The number of nitrogens with zero attached hydrogens (tertiary/aromatic N) is 2. The molecule has 0 unspecified atom stereocenters. The van der Waals surface area contributed by atoms with E-state index in [2.05, 4.69) is 15.2 Å². The highest BCUT2D eigenvalue weighted by Gasteiger charge is 2.28. The van der Waals surface area contributed by atoms with Crippen molar-refractivity contribution in [2.24, 2.45) is 0 Å². The van der Waals surface area contributed by atoms with Crippen LogP contribution in [-0.2, 0) is 6.54 Å². The van der Waals surface area contributed by atoms with Gasteiger partial charge in [-0.2, -0.15) is 18.3 Å². The Labute approximate surface area is 137 Å². The Balaban J connectivity index is 1.90. The molecular weight excluding hydrogens is 323 g/mol. The zero-order chi connectivity index (χ0) is 17.7. The fraction of sp³-hybridized carbons (Fsp3) is 0.375. The molecule has 1 amide bonds. The number of carbonyl (C=O) groups is 1. The van der Waals surface area contributed by atoms with Gasteiger partial charge >= 0.3 is 6.18 Å². The molecule has 0 saturated carbocycles. The van der Waals surface area contributed by atoms with Crippen molar-refractivity contribution in [3.63, 3.8) is 0 Å². The van der Waals surface area contributed by atoms with E-state index in [1.807, 2.05) is 13.8 Å². The van der Waals surface area contributed by atoms with E-state index >= 15 is 0 Å². The molecule has 0 aliphatic heterocycles. The van der Waals surface area contributed by atoms with Crippen LogP contribution < -0.4 is 10.1 Å². The smallest absolute Gasteiger partial charge is 0.422 e. The number of hydrogen-bond acceptors (Lipinski definition) is 3. The summed E-state index contributed by atoms with van der Waals surface area (Å²) >= 11 is 0. The number of aromatic nitrogens is 2. The zero-order valence-corrected chi connectivity index (χ0v) is 13.3. The highest BCUT2D eigenvalue weighted by molar-refractivity contribution is 5.92. The van der Waals surface area contributed by atoms with Crippen LogP contribution in [0, 0.1) is 0 Å². The molecule has 8 heteroatoms. The van der Waals surface area contributed by atoms with Crippen LogP contribution in [-0.4, -0.2) is 28.5 Å². The van der Waals surface area contributed by atoms with Crippen LogP contribution in [0.15, 0.2) is 36.5 Å². The molecule has 130 valence electrons. The van der Waals surface area contributed by atoms with E-state index in [0.29, 0.717) is 5.69 Å². The van der Waals surface area contributed by atoms with Crippen LogP contribution in [0.4, 0.5) is 13.2 Å². The first-order chi connectivity index (χ1) is 11.3. The van der Waals surface area contributed by atoms with Crippen molar-refractivity contribution in [3.8, 4) is 5.75 Å². The standard InChI is InChI=1S/C16H18F3N3O2/c1-11(2)22-14(7-8-21-22)15(23)20-9-12-3-5-13(6-4-12)24-10-16(17,18)19/h3-8,11H,9-10H2,1-2H3,(H,20,23). The lowest BCUT2D eigenvalue weighted by Gasteiger charge is -2.12. The molecule has 0 radical (unpaired) electrons. The minimum Gasteiger partial charge on any atom is -0.484 e. The molecular formula is C16H18F3N3O2. The third-order valence-corrected chi connectivity index (χ3v) is 3.17. The van der Waals surface area contributed by atoms with E-state index in [-0.39, 0.29) is 24.2 Å². The van der Waals surface area contributed by atoms with Gasteiger partial charge in [-0.25, -0.2) is 0 Å². The number of amides is 1. The van der Waals surface area contributed by atoms with Crippen molar-refractivity contribution in [3.05, 3.63) is 47.8 Å². The van der Waals surface area contributed by atoms with Crippen molar-refractivity contribution in [2.45, 2.75) is 32.6 Å². The van der Waals surface area contributed by atoms with E-state index in [0.717, 1.165) is 5.56 Å². The SMILES string of the molecule is CC(C)n1nccc1C(=O)NCc1ccc(OCC(F)(F)F)cc1. The van der Waals surface area contributed by atoms with Gasteiger partial charge in [0, 0.05) is 18.8 Å². The second-order valence-electron chi connectivity index (χ2n) is 5.49. The zero-order valence-electron chi connectivity index (χ0n) is 13.3. The fourth-order valence-electron chi connectivity index (χ4n) is 2.05. The monoisotopic (exact) mass is 341 g/mol. The molecule has 1 heterocycles. The number of nitrogens with one attached hydrogen (secondary N) is 1. The Morgan fingerprint density at radius 2 is 1.92 bits per heavy atom. The fourth-order valence-corrected chi connectivity index (χ4v) is 2.05. The average molecular weight is 341 g/mol. The maximum atomic E-state index is 12.2. The maximum absolute atomic E-state index is 12.2. The van der Waals surface area contributed by atoms with Gasteiger partial charge in [-0.05, 0) is 37.6 Å². The van der Waals surface area contributed by atoms with Crippen molar-refractivity contribution in [1.29, 1.82) is 0 Å². The van der Waals surface area contributed by atoms with E-state index in [4.69, 9.17) is 0 Å². The van der Waals surface area contributed by atoms with Gasteiger partial charge in [0.25, 0.3) is 5.91 Å². The van der Waals surface area contributed by atoms with Gasteiger partial charge in [0.1, 0.15) is 11.4 Å². The van der Waals surface area contributed by atoms with Crippen LogP contribution in [0.25, 0.3) is 0 Å². The Kier molecular flexibility index (Phi) is 5.48. The van der Waals surface area contributed by atoms with Gasteiger partial charge in [-0.1, -0.05) is 12.1 Å². The quantitative estimate of drug-likeness (QED) is 0.877. The van der Waals surface area contributed by atoms with Crippen LogP contribution in [0.3, 0.4) is 0 Å². The molecule has 1 N–H and O–H groups in total. The molecule has 0 saturated heterocycles. The lowest BCUT2D eigenvalue weighted by Crippen LogP contribution is -2.26. The minimum absolute atomic E-state index is 0.0609. The van der Waals surface area contributed by atoms with Gasteiger partial charge < -0.3 is 10.1 Å². The van der Waals surface area contributed by atoms with Crippen LogP contribution in [0.2, 0.25) is 0 Å². The summed E-state index contributed by atoms with van der Waals surface area (Å²) < 4.78 is 42.5. The molecule has 24 heavy (non-hydrogen) atoms. The number of alkyl halides is 3. The summed E-state index contributed by atoms with van der Waals surface area (Å²) in [6.07, 6.45) is -2.81. The predicted octanol–water partition coefficient (Wildman–Crippen LogP) is 3.34. The van der Waals surface area contributed by atoms with E-state index in [1.54, 1.807) is 29.1 Å². The van der Waals surface area contributed by atoms with E-state index in [1.165, 1.54) is 12.1 Å². The third-order valence-electron chi connectivity index (χ3n) is 3.17. The highest BCUT2D eigenvalue weighted by Crippen LogP contribution is 2.19. The maximum Gasteiger partial charge on any atom is 0.422 e. The summed E-state index contributed by atoms with van der Waals surface area (Å²) in [5.74, 6) is -0.140. The van der Waals surface area contributed by atoms with Gasteiger partial charge in [-0.15, -0.1) is 0 Å². The Bertz CT molecular complexity index is 679.